The van der Waals surface area contributed by atoms with Gasteiger partial charge in [0.2, 0.25) is 0 Å². The first-order valence-corrected chi connectivity index (χ1v) is 12.4. The molecule has 0 fully saturated rings. The molecule has 132 valence electrons. The minimum atomic E-state index is -3.12. The van der Waals surface area contributed by atoms with Crippen molar-refractivity contribution in [2.24, 2.45) is 0 Å². The van der Waals surface area contributed by atoms with E-state index in [0.717, 1.165) is 0 Å². The van der Waals surface area contributed by atoms with Crippen LogP contribution in [0.1, 0.15) is 59.3 Å². The van der Waals surface area contributed by atoms with Crippen LogP contribution in [0, 0.1) is 0 Å². The van der Waals surface area contributed by atoms with Crippen molar-refractivity contribution in [2.75, 3.05) is 0 Å². The van der Waals surface area contributed by atoms with E-state index in [4.69, 9.17) is 0 Å². The summed E-state index contributed by atoms with van der Waals surface area (Å²) in [5, 5.41) is 0.438. The fraction of sp³-hybridized carbons (Fsp3) is 0.750. The number of hydrogen-bond donors (Lipinski definition) is 0. The van der Waals surface area contributed by atoms with Crippen molar-refractivity contribution in [3.63, 3.8) is 0 Å². The number of carbonyl (C=O) groups excluding carboxylic acids is 4. The molecule has 0 aliphatic heterocycles. The van der Waals surface area contributed by atoms with Gasteiger partial charge in [0.1, 0.15) is 0 Å². The average Bonchev–Trinajstić information content (AvgIpc) is 2.57. The number of carbonyl (C=O) groups is 4. The van der Waals surface area contributed by atoms with E-state index < -0.39 is 12.6 Å². The van der Waals surface area contributed by atoms with E-state index in [1.54, 1.807) is 18.1 Å². The quantitative estimate of drug-likeness (QED) is 0.363. The third kappa shape index (κ3) is 12.0. The Balaban J connectivity index is 0. The molecule has 0 aliphatic carbocycles. The van der Waals surface area contributed by atoms with Gasteiger partial charge in [-0.25, -0.2) is 0 Å². The van der Waals surface area contributed by atoms with E-state index >= 15 is 0 Å². The molecule has 0 aromatic rings. The molecule has 0 spiro atoms. The monoisotopic (exact) mass is 374 g/mol. The first-order valence-electron chi connectivity index (χ1n) is 7.89. The van der Waals surface area contributed by atoms with Gasteiger partial charge >= 0.3 is 52.7 Å². The van der Waals surface area contributed by atoms with Crippen LogP contribution in [0.5, 0.6) is 0 Å². The summed E-state index contributed by atoms with van der Waals surface area (Å²) in [7, 11) is 0.0675. The SMILES string of the molecule is CCCC[Si](CCCC)CCCC.O=[CH][Co]([CH]=O)([CH]=O)[CH]=O. The Morgan fingerprint density at radius 3 is 1.05 bits per heavy atom. The van der Waals surface area contributed by atoms with Gasteiger partial charge in [0.25, 0.3) is 0 Å². The molecule has 0 rings (SSSR count). The summed E-state index contributed by atoms with van der Waals surface area (Å²) in [6.07, 6.45) is 8.65. The fourth-order valence-electron chi connectivity index (χ4n) is 1.77. The standard InChI is InChI=1S/C12H27Si.4CHO.Co/c1-4-7-10-13(11-8-5-2)12-9-6-3;4*1-2;/h4-12H2,1-3H3;4*1H;. The molecule has 0 N–H and O–H groups in total. The van der Waals surface area contributed by atoms with Gasteiger partial charge in [-0.3, -0.25) is 0 Å². The first-order chi connectivity index (χ1) is 10.6. The molecule has 0 unspecified atom stereocenters. The normalized spacial score (nSPS) is 11.3. The molecule has 6 heteroatoms. The van der Waals surface area contributed by atoms with Crippen LogP contribution in [-0.2, 0) is 31.8 Å². The van der Waals surface area contributed by atoms with Gasteiger partial charge in [0.15, 0.2) is 0 Å². The molecule has 0 heterocycles. The van der Waals surface area contributed by atoms with Gasteiger partial charge in [0, 0.05) is 8.80 Å². The van der Waals surface area contributed by atoms with Crippen molar-refractivity contribution >= 4 is 29.7 Å². The minimum absolute atomic E-state index is 0.0675. The van der Waals surface area contributed by atoms with Crippen molar-refractivity contribution in [1.82, 2.24) is 0 Å². The van der Waals surface area contributed by atoms with Gasteiger partial charge in [0.05, 0.1) is 0 Å². The van der Waals surface area contributed by atoms with Gasteiger partial charge in [-0.2, -0.15) is 0 Å². The van der Waals surface area contributed by atoms with Crippen LogP contribution in [0.25, 0.3) is 0 Å². The number of hydrogen-bond acceptors (Lipinski definition) is 4. The van der Waals surface area contributed by atoms with E-state index in [9.17, 15) is 19.2 Å². The van der Waals surface area contributed by atoms with E-state index in [0.29, 0.717) is 0 Å². The summed E-state index contributed by atoms with van der Waals surface area (Å²) in [5.41, 5.74) is 0. The summed E-state index contributed by atoms with van der Waals surface area (Å²) in [5.74, 6) is 0. The Morgan fingerprint density at radius 1 is 0.636 bits per heavy atom. The summed E-state index contributed by atoms with van der Waals surface area (Å²) in [6.45, 7) is 6.96. The Morgan fingerprint density at radius 2 is 0.909 bits per heavy atom. The molecular weight excluding hydrogens is 343 g/mol. The summed E-state index contributed by atoms with van der Waals surface area (Å²) >= 11 is -3.12. The van der Waals surface area contributed by atoms with Crippen LogP contribution in [0.4, 0.5) is 0 Å². The Kier molecular flexibility index (Phi) is 18.0. The van der Waals surface area contributed by atoms with Crippen molar-refractivity contribution in [1.29, 1.82) is 0 Å². The summed E-state index contributed by atoms with van der Waals surface area (Å²) < 4.78 is 0. The van der Waals surface area contributed by atoms with Crippen LogP contribution in [-0.4, -0.2) is 29.7 Å². The summed E-state index contributed by atoms with van der Waals surface area (Å²) in [6, 6.07) is 4.75. The zero-order valence-corrected chi connectivity index (χ0v) is 16.2. The third-order valence-electron chi connectivity index (χ3n) is 3.20. The Labute approximate surface area is 139 Å². The fourth-order valence-corrected chi connectivity index (χ4v) is 5.42. The van der Waals surface area contributed by atoms with Crippen molar-refractivity contribution in [2.45, 2.75) is 77.4 Å². The maximum atomic E-state index is 9.88. The molecule has 0 saturated heterocycles. The van der Waals surface area contributed by atoms with Crippen molar-refractivity contribution < 1.29 is 31.8 Å². The van der Waals surface area contributed by atoms with Crippen LogP contribution in [0.2, 0.25) is 18.1 Å². The molecule has 22 heavy (non-hydrogen) atoms. The second-order valence-electron chi connectivity index (χ2n) is 5.04. The Hall–Kier alpha value is -0.597. The van der Waals surface area contributed by atoms with Crippen molar-refractivity contribution in [3.05, 3.63) is 0 Å². The average molecular weight is 374 g/mol. The number of rotatable bonds is 13. The zero-order chi connectivity index (χ0) is 17.3. The predicted octanol–water partition coefficient (Wildman–Crippen LogP) is 3.78. The van der Waals surface area contributed by atoms with Crippen LogP contribution in [0.15, 0.2) is 0 Å². The molecule has 1 radical (unpaired) electrons. The van der Waals surface area contributed by atoms with E-state index in [2.05, 4.69) is 20.8 Å². The van der Waals surface area contributed by atoms with Crippen LogP contribution in [0.3, 0.4) is 0 Å². The topological polar surface area (TPSA) is 68.3 Å². The molecule has 0 aromatic heterocycles. The van der Waals surface area contributed by atoms with Crippen molar-refractivity contribution in [3.8, 4) is 0 Å². The number of unbranched alkanes of at least 4 members (excludes halogenated alkanes) is 3. The molecule has 0 aromatic carbocycles. The van der Waals surface area contributed by atoms with Crippen LogP contribution < -0.4 is 0 Å². The maximum absolute atomic E-state index is 9.88. The molecule has 0 aliphatic rings. The summed E-state index contributed by atoms with van der Waals surface area (Å²) in [4.78, 5) is 39.5. The second-order valence-corrected chi connectivity index (χ2v) is 11.1. The predicted molar refractivity (Wildman–Crippen MR) is 91.9 cm³/mol. The van der Waals surface area contributed by atoms with E-state index in [-0.39, 0.29) is 29.7 Å². The molecule has 0 saturated carbocycles. The second kappa shape index (κ2) is 16.8. The van der Waals surface area contributed by atoms with E-state index in [1.165, 1.54) is 38.5 Å². The molecule has 4 nitrogen and oxygen atoms in total. The molecular formula is C16H31CoO4Si. The first kappa shape index (κ1) is 23.7. The van der Waals surface area contributed by atoms with Gasteiger partial charge < -0.3 is 0 Å². The van der Waals surface area contributed by atoms with E-state index in [1.807, 2.05) is 0 Å². The third-order valence-corrected chi connectivity index (χ3v) is 8.08. The Bertz CT molecular complexity index is 254. The van der Waals surface area contributed by atoms with Gasteiger partial charge in [-0.05, 0) is 0 Å². The van der Waals surface area contributed by atoms with Gasteiger partial charge in [-0.1, -0.05) is 77.4 Å². The van der Waals surface area contributed by atoms with Gasteiger partial charge in [-0.15, -0.1) is 0 Å². The zero-order valence-electron chi connectivity index (χ0n) is 14.1. The molecule has 0 amide bonds. The van der Waals surface area contributed by atoms with Crippen LogP contribution >= 0.6 is 0 Å². The molecule has 0 bridgehead atoms. The molecule has 0 atom stereocenters.